The number of esters is 1. The summed E-state index contributed by atoms with van der Waals surface area (Å²) in [6.07, 6.45) is 3.20. The van der Waals surface area contributed by atoms with Gasteiger partial charge in [0.2, 0.25) is 0 Å². The highest BCUT2D eigenvalue weighted by Crippen LogP contribution is 2.31. The predicted molar refractivity (Wildman–Crippen MR) is 73.9 cm³/mol. The highest BCUT2D eigenvalue weighted by molar-refractivity contribution is 8.03. The zero-order chi connectivity index (χ0) is 14.9. The van der Waals surface area contributed by atoms with Crippen molar-refractivity contribution in [2.45, 2.75) is 0 Å². The highest BCUT2D eigenvalue weighted by atomic mass is 32.2. The Balaban J connectivity index is 2.31. The van der Waals surface area contributed by atoms with Crippen LogP contribution >= 0.6 is 11.8 Å². The standard InChI is InChI=1S/C12H14N3O4S/c1-14-10-9(11(17)15(2)12(14)18)7(4-5-13-10)20-6-8(16)19-3/h4-5,9H,6H2,1-3H3/q+1. The summed E-state index contributed by atoms with van der Waals surface area (Å²) in [6.45, 7) is 0. The number of aliphatic imine (C=N–C) groups is 1. The van der Waals surface area contributed by atoms with E-state index < -0.39 is 11.9 Å². The second kappa shape index (κ2) is 5.58. The number of urea groups is 1. The molecule has 0 fully saturated rings. The monoisotopic (exact) mass is 296 g/mol. The summed E-state index contributed by atoms with van der Waals surface area (Å²) in [5.41, 5.74) is 0. The van der Waals surface area contributed by atoms with Crippen LogP contribution in [0, 0.1) is 5.92 Å². The zero-order valence-corrected chi connectivity index (χ0v) is 12.1. The zero-order valence-electron chi connectivity index (χ0n) is 11.3. The smallest absolute Gasteiger partial charge is 0.445 e. The van der Waals surface area contributed by atoms with Crippen LogP contribution in [0.25, 0.3) is 0 Å². The Hall–Kier alpha value is -1.96. The molecule has 106 valence electrons. The SMILES string of the molecule is COC(=O)CSC1=CC=NC2=[N+](C)C(=O)N(C)C(=O)C12. The first kappa shape index (κ1) is 14.4. The summed E-state index contributed by atoms with van der Waals surface area (Å²) in [7, 11) is 4.31. The summed E-state index contributed by atoms with van der Waals surface area (Å²) < 4.78 is 5.92. The molecule has 7 nitrogen and oxygen atoms in total. The first-order valence-electron chi connectivity index (χ1n) is 5.83. The van der Waals surface area contributed by atoms with Gasteiger partial charge in [0.05, 0.1) is 27.0 Å². The third-order valence-corrected chi connectivity index (χ3v) is 4.15. The number of nitrogens with zero attached hydrogens (tertiary/aromatic N) is 3. The number of carbonyl (C=O) groups excluding carboxylic acids is 3. The van der Waals surface area contributed by atoms with Crippen LogP contribution < -0.4 is 0 Å². The Labute approximate surface area is 120 Å². The Morgan fingerprint density at radius 1 is 1.55 bits per heavy atom. The number of fused-ring (bicyclic) bond motifs is 1. The molecule has 0 radical (unpaired) electrons. The summed E-state index contributed by atoms with van der Waals surface area (Å²) in [4.78, 5) is 41.1. The van der Waals surface area contributed by atoms with Crippen molar-refractivity contribution in [3.8, 4) is 0 Å². The largest absolute Gasteiger partial charge is 0.468 e. The van der Waals surface area contributed by atoms with Crippen molar-refractivity contribution in [1.82, 2.24) is 4.90 Å². The Kier molecular flexibility index (Phi) is 4.03. The fourth-order valence-electron chi connectivity index (χ4n) is 1.94. The van der Waals surface area contributed by atoms with Crippen molar-refractivity contribution in [2.75, 3.05) is 27.0 Å². The molecule has 0 aliphatic carbocycles. The van der Waals surface area contributed by atoms with Crippen molar-refractivity contribution in [3.63, 3.8) is 0 Å². The van der Waals surface area contributed by atoms with Crippen LogP contribution in [0.4, 0.5) is 4.79 Å². The van der Waals surface area contributed by atoms with Crippen LogP contribution in [0.1, 0.15) is 0 Å². The van der Waals surface area contributed by atoms with Gasteiger partial charge in [-0.25, -0.2) is 4.79 Å². The van der Waals surface area contributed by atoms with E-state index in [1.165, 1.54) is 36.7 Å². The molecule has 2 aliphatic rings. The van der Waals surface area contributed by atoms with Gasteiger partial charge in [-0.2, -0.15) is 9.48 Å². The number of hydrogen-bond donors (Lipinski definition) is 0. The molecule has 0 bridgehead atoms. The normalized spacial score (nSPS) is 21.9. The maximum atomic E-state index is 12.3. The lowest BCUT2D eigenvalue weighted by Crippen LogP contribution is -2.52. The second-order valence-electron chi connectivity index (χ2n) is 4.24. The van der Waals surface area contributed by atoms with Crippen molar-refractivity contribution >= 4 is 41.7 Å². The number of ether oxygens (including phenoxy) is 1. The number of thioether (sulfide) groups is 1. The van der Waals surface area contributed by atoms with E-state index in [4.69, 9.17) is 0 Å². The Bertz CT molecular complexity index is 579. The first-order chi connectivity index (χ1) is 9.47. The topological polar surface area (TPSA) is 79.0 Å². The van der Waals surface area contributed by atoms with Crippen LogP contribution in [0.5, 0.6) is 0 Å². The van der Waals surface area contributed by atoms with E-state index in [0.29, 0.717) is 10.7 Å². The van der Waals surface area contributed by atoms with E-state index in [0.717, 1.165) is 4.90 Å². The summed E-state index contributed by atoms with van der Waals surface area (Å²) in [6, 6.07) is -0.419. The number of allylic oxidation sites excluding steroid dienone is 1. The van der Waals surface area contributed by atoms with E-state index >= 15 is 0 Å². The van der Waals surface area contributed by atoms with Crippen LogP contribution in [-0.2, 0) is 14.3 Å². The van der Waals surface area contributed by atoms with Gasteiger partial charge in [-0.05, 0) is 6.08 Å². The third kappa shape index (κ3) is 2.38. The van der Waals surface area contributed by atoms with Gasteiger partial charge in [0.1, 0.15) is 6.21 Å². The molecule has 3 amide bonds. The Morgan fingerprint density at radius 3 is 2.90 bits per heavy atom. The van der Waals surface area contributed by atoms with Crippen molar-refractivity contribution in [3.05, 3.63) is 11.0 Å². The Morgan fingerprint density at radius 2 is 2.25 bits per heavy atom. The maximum Gasteiger partial charge on any atom is 0.445 e. The quantitative estimate of drug-likeness (QED) is 0.545. The van der Waals surface area contributed by atoms with Gasteiger partial charge < -0.3 is 4.74 Å². The van der Waals surface area contributed by atoms with E-state index in [1.807, 2.05) is 0 Å². The molecule has 0 aromatic rings. The third-order valence-electron chi connectivity index (χ3n) is 3.07. The second-order valence-corrected chi connectivity index (χ2v) is 5.29. The molecule has 0 aromatic heterocycles. The molecule has 0 aromatic carbocycles. The van der Waals surface area contributed by atoms with E-state index in [9.17, 15) is 14.4 Å². The van der Waals surface area contributed by atoms with Gasteiger partial charge >= 0.3 is 17.9 Å². The molecule has 8 heteroatoms. The molecule has 0 saturated heterocycles. The lowest BCUT2D eigenvalue weighted by atomic mass is 10.0. The van der Waals surface area contributed by atoms with Crippen LogP contribution in [0.3, 0.4) is 0 Å². The number of methoxy groups -OCH3 is 1. The van der Waals surface area contributed by atoms with Crippen molar-refractivity contribution < 1.29 is 23.7 Å². The lowest BCUT2D eigenvalue weighted by Gasteiger charge is -2.26. The minimum absolute atomic E-state index is 0.106. The minimum atomic E-state index is -0.637. The van der Waals surface area contributed by atoms with Gasteiger partial charge in [-0.3, -0.25) is 9.59 Å². The average Bonchev–Trinajstić information content (AvgIpc) is 2.47. The molecule has 1 unspecified atom stereocenters. The highest BCUT2D eigenvalue weighted by Gasteiger charge is 2.47. The number of carbonyl (C=O) groups is 3. The predicted octanol–water partition coefficient (Wildman–Crippen LogP) is 0.110. The van der Waals surface area contributed by atoms with Gasteiger partial charge in [0, 0.05) is 4.91 Å². The molecule has 0 N–H and O–H groups in total. The molecule has 1 atom stereocenters. The van der Waals surface area contributed by atoms with E-state index in [2.05, 4.69) is 9.73 Å². The molecular formula is C12H14N3O4S+. The fourth-order valence-corrected chi connectivity index (χ4v) is 2.87. The average molecular weight is 296 g/mol. The molecule has 2 aliphatic heterocycles. The molecular weight excluding hydrogens is 282 g/mol. The lowest BCUT2D eigenvalue weighted by molar-refractivity contribution is -0.407. The number of imide groups is 1. The number of dihydropyridines is 1. The summed E-state index contributed by atoms with van der Waals surface area (Å²) >= 11 is 1.21. The van der Waals surface area contributed by atoms with Crippen molar-refractivity contribution in [1.29, 1.82) is 0 Å². The molecule has 20 heavy (non-hydrogen) atoms. The maximum absolute atomic E-state index is 12.3. The van der Waals surface area contributed by atoms with Crippen molar-refractivity contribution in [2.24, 2.45) is 10.9 Å². The molecule has 2 heterocycles. The van der Waals surface area contributed by atoms with Gasteiger partial charge in [0.15, 0.2) is 5.92 Å². The van der Waals surface area contributed by atoms with E-state index in [1.54, 1.807) is 13.1 Å². The van der Waals surface area contributed by atoms with Crippen LogP contribution in [0.15, 0.2) is 16.0 Å². The molecule has 2 rings (SSSR count). The summed E-state index contributed by atoms with van der Waals surface area (Å²) in [5.74, 6) is -0.867. The molecule has 0 spiro atoms. The number of amides is 3. The van der Waals surface area contributed by atoms with E-state index in [-0.39, 0.29) is 17.6 Å². The number of rotatable bonds is 3. The summed E-state index contributed by atoms with van der Waals surface area (Å²) in [5, 5.41) is 0. The first-order valence-corrected chi connectivity index (χ1v) is 6.82. The number of hydrogen-bond acceptors (Lipinski definition) is 6. The molecule has 0 saturated carbocycles. The van der Waals surface area contributed by atoms with Gasteiger partial charge in [0.25, 0.3) is 5.84 Å². The minimum Gasteiger partial charge on any atom is -0.468 e. The van der Waals surface area contributed by atoms with Crippen LogP contribution in [-0.4, -0.2) is 66.4 Å². The van der Waals surface area contributed by atoms with Crippen LogP contribution in [0.2, 0.25) is 0 Å². The fraction of sp³-hybridized carbons (Fsp3) is 0.417. The number of amidine groups is 1. The van der Waals surface area contributed by atoms with Gasteiger partial charge in [-0.1, -0.05) is 0 Å². The van der Waals surface area contributed by atoms with Gasteiger partial charge in [-0.15, -0.1) is 16.8 Å².